The lowest BCUT2D eigenvalue weighted by molar-refractivity contribution is -0.381. The van der Waals surface area contributed by atoms with Crippen molar-refractivity contribution in [3.8, 4) is 5.75 Å². The van der Waals surface area contributed by atoms with Gasteiger partial charge in [0.15, 0.2) is 17.3 Å². The third-order valence-corrected chi connectivity index (χ3v) is 1.94. The molecule has 0 spiro atoms. The largest absolute Gasteiger partial charge is 0.744 e. The van der Waals surface area contributed by atoms with Crippen LogP contribution in [0.3, 0.4) is 0 Å². The van der Waals surface area contributed by atoms with Crippen molar-refractivity contribution in [1.29, 1.82) is 0 Å². The molecule has 0 aromatic carbocycles. The maximum atomic E-state index is 10.3. The molecule has 0 radical (unpaired) electrons. The topological polar surface area (TPSA) is 91.6 Å². The van der Waals surface area contributed by atoms with Gasteiger partial charge >= 0.3 is 0 Å². The molecular formula is C5H5NO4S. The molecule has 0 unspecified atom stereocenters. The van der Waals surface area contributed by atoms with Gasteiger partial charge in [0.25, 0.3) is 0 Å². The molecule has 0 aliphatic heterocycles. The van der Waals surface area contributed by atoms with E-state index in [9.17, 15) is 13.0 Å². The van der Waals surface area contributed by atoms with Crippen LogP contribution in [0.1, 0.15) is 0 Å². The molecule has 2 N–H and O–H groups in total. The average molecular weight is 175 g/mol. The van der Waals surface area contributed by atoms with Crippen LogP contribution in [-0.4, -0.2) is 18.1 Å². The zero-order valence-electron chi connectivity index (χ0n) is 5.31. The van der Waals surface area contributed by atoms with Gasteiger partial charge in [-0.3, -0.25) is 0 Å². The molecule has 11 heavy (non-hydrogen) atoms. The third-order valence-electron chi connectivity index (χ3n) is 1.07. The molecule has 0 fully saturated rings. The minimum atomic E-state index is -4.56. The number of aromatic amines is 1. The summed E-state index contributed by atoms with van der Waals surface area (Å²) in [5.41, 5.74) is 0. The maximum absolute atomic E-state index is 10.3. The average Bonchev–Trinajstić information content (AvgIpc) is 1.86. The molecule has 0 amide bonds. The normalized spacial score (nSPS) is 11.4. The van der Waals surface area contributed by atoms with Crippen LogP contribution in [0.5, 0.6) is 5.75 Å². The molecule has 1 aromatic heterocycles. The zero-order valence-corrected chi connectivity index (χ0v) is 6.13. The summed E-state index contributed by atoms with van der Waals surface area (Å²) in [7, 11) is -4.56. The summed E-state index contributed by atoms with van der Waals surface area (Å²) in [6, 6.07) is 1.09. The fourth-order valence-electron chi connectivity index (χ4n) is 0.607. The van der Waals surface area contributed by atoms with Crippen molar-refractivity contribution in [2.24, 2.45) is 0 Å². The molecule has 60 valence electrons. The van der Waals surface area contributed by atoms with E-state index < -0.39 is 20.8 Å². The number of rotatable bonds is 1. The fraction of sp³-hybridized carbons (Fsp3) is 0. The standard InChI is InChI=1S/C5H5NO4S/c7-4-1-2-6-3-5(4)11(8,9)10/h1-3H,(H,6,7)(H,8,9,10). The Morgan fingerprint density at radius 1 is 1.55 bits per heavy atom. The van der Waals surface area contributed by atoms with Crippen molar-refractivity contribution in [2.75, 3.05) is 0 Å². The first-order valence-electron chi connectivity index (χ1n) is 2.67. The van der Waals surface area contributed by atoms with Crippen molar-refractivity contribution in [1.82, 2.24) is 0 Å². The van der Waals surface area contributed by atoms with Crippen LogP contribution in [0.15, 0.2) is 23.4 Å². The lowest BCUT2D eigenvalue weighted by atomic mass is 10.5. The molecule has 0 saturated heterocycles. The molecule has 5 nitrogen and oxygen atoms in total. The van der Waals surface area contributed by atoms with Gasteiger partial charge in [-0.15, -0.1) is 0 Å². The lowest BCUT2D eigenvalue weighted by Crippen LogP contribution is -2.06. The van der Waals surface area contributed by atoms with Gasteiger partial charge < -0.3 is 9.66 Å². The van der Waals surface area contributed by atoms with Gasteiger partial charge in [-0.05, 0) is 0 Å². The van der Waals surface area contributed by atoms with E-state index in [2.05, 4.69) is 4.98 Å². The highest BCUT2D eigenvalue weighted by molar-refractivity contribution is 7.85. The van der Waals surface area contributed by atoms with Gasteiger partial charge in [0.1, 0.15) is 15.9 Å². The Kier molecular flexibility index (Phi) is 1.79. The third kappa shape index (κ3) is 1.66. The van der Waals surface area contributed by atoms with Crippen LogP contribution < -0.4 is 4.98 Å². The lowest BCUT2D eigenvalue weighted by Gasteiger charge is -2.04. The Morgan fingerprint density at radius 2 is 2.18 bits per heavy atom. The molecule has 0 aliphatic carbocycles. The number of aromatic nitrogens is 1. The van der Waals surface area contributed by atoms with Crippen molar-refractivity contribution < 1.29 is 23.1 Å². The maximum Gasteiger partial charge on any atom is 0.188 e. The van der Waals surface area contributed by atoms with E-state index in [0.29, 0.717) is 0 Å². The fourth-order valence-corrected chi connectivity index (χ4v) is 1.14. The molecule has 1 aromatic rings. The summed E-state index contributed by atoms with van der Waals surface area (Å²) < 4.78 is 31.0. The van der Waals surface area contributed by atoms with E-state index in [0.717, 1.165) is 12.3 Å². The smallest absolute Gasteiger partial charge is 0.188 e. The Hall–Kier alpha value is -1.14. The highest BCUT2D eigenvalue weighted by Crippen LogP contribution is 2.17. The van der Waals surface area contributed by atoms with Crippen LogP contribution in [0.25, 0.3) is 0 Å². The Labute approximate surface area is 63.1 Å². The van der Waals surface area contributed by atoms with Crippen LogP contribution in [-0.2, 0) is 10.1 Å². The summed E-state index contributed by atoms with van der Waals surface area (Å²) in [5, 5.41) is 8.85. The summed E-state index contributed by atoms with van der Waals surface area (Å²) in [4.78, 5) is 1.73. The molecule has 0 saturated carbocycles. The summed E-state index contributed by atoms with van der Waals surface area (Å²) in [5.74, 6) is -0.543. The van der Waals surface area contributed by atoms with Crippen molar-refractivity contribution in [2.45, 2.75) is 4.90 Å². The highest BCUT2D eigenvalue weighted by Gasteiger charge is 2.09. The molecule has 6 heteroatoms. The number of H-pyrrole nitrogens is 1. The predicted octanol–water partition coefficient (Wildman–Crippen LogP) is -0.890. The van der Waals surface area contributed by atoms with E-state index in [1.54, 1.807) is 0 Å². The first kappa shape index (κ1) is 7.96. The number of pyridine rings is 1. The minimum absolute atomic E-state index is 0.543. The van der Waals surface area contributed by atoms with Crippen LogP contribution in [0, 0.1) is 0 Å². The van der Waals surface area contributed by atoms with Gasteiger partial charge in [-0.1, -0.05) is 0 Å². The second kappa shape index (κ2) is 2.48. The van der Waals surface area contributed by atoms with Gasteiger partial charge in [0, 0.05) is 6.07 Å². The molecule has 0 aliphatic rings. The summed E-state index contributed by atoms with van der Waals surface area (Å²) >= 11 is 0. The highest BCUT2D eigenvalue weighted by atomic mass is 32.2. The quantitative estimate of drug-likeness (QED) is 0.560. The minimum Gasteiger partial charge on any atom is -0.744 e. The van der Waals surface area contributed by atoms with Crippen LogP contribution in [0.4, 0.5) is 0 Å². The second-order valence-corrected chi connectivity index (χ2v) is 3.20. The molecule has 0 bridgehead atoms. The van der Waals surface area contributed by atoms with E-state index in [4.69, 9.17) is 5.11 Å². The molecule has 1 heterocycles. The van der Waals surface area contributed by atoms with Crippen LogP contribution in [0.2, 0.25) is 0 Å². The van der Waals surface area contributed by atoms with Gasteiger partial charge in [-0.25, -0.2) is 13.4 Å². The first-order valence-corrected chi connectivity index (χ1v) is 4.07. The van der Waals surface area contributed by atoms with E-state index in [1.165, 1.54) is 6.20 Å². The summed E-state index contributed by atoms with van der Waals surface area (Å²) in [6.45, 7) is 0. The van der Waals surface area contributed by atoms with E-state index >= 15 is 0 Å². The first-order chi connectivity index (χ1) is 5.02. The summed E-state index contributed by atoms with van der Waals surface area (Å²) in [6.07, 6.45) is 2.24. The van der Waals surface area contributed by atoms with E-state index in [-0.39, 0.29) is 0 Å². The van der Waals surface area contributed by atoms with Gasteiger partial charge in [-0.2, -0.15) is 0 Å². The zero-order chi connectivity index (χ0) is 8.48. The SMILES string of the molecule is O=S(=O)([O-])c1c[nH+]ccc1O. The number of aromatic hydroxyl groups is 1. The van der Waals surface area contributed by atoms with Crippen molar-refractivity contribution in [3.63, 3.8) is 0 Å². The molecule has 0 atom stereocenters. The van der Waals surface area contributed by atoms with Crippen LogP contribution >= 0.6 is 0 Å². The predicted molar refractivity (Wildman–Crippen MR) is 32.6 cm³/mol. The Morgan fingerprint density at radius 3 is 2.55 bits per heavy atom. The monoisotopic (exact) mass is 175 g/mol. The molecule has 1 rings (SSSR count). The number of hydrogen-bond acceptors (Lipinski definition) is 4. The van der Waals surface area contributed by atoms with E-state index in [1.807, 2.05) is 0 Å². The van der Waals surface area contributed by atoms with Crippen molar-refractivity contribution >= 4 is 10.1 Å². The number of nitrogens with one attached hydrogen (secondary N) is 1. The number of hydrogen-bond donors (Lipinski definition) is 1. The van der Waals surface area contributed by atoms with Crippen molar-refractivity contribution in [3.05, 3.63) is 18.5 Å². The van der Waals surface area contributed by atoms with Gasteiger partial charge in [0.05, 0.1) is 0 Å². The molecular weight excluding hydrogens is 170 g/mol. The second-order valence-electron chi connectivity index (χ2n) is 1.85. The Balaban J connectivity index is 3.37. The Bertz CT molecular complexity index is 359. The van der Waals surface area contributed by atoms with Gasteiger partial charge in [0.2, 0.25) is 0 Å².